The highest BCUT2D eigenvalue weighted by Gasteiger charge is 2.30. The van der Waals surface area contributed by atoms with Crippen LogP contribution in [0.5, 0.6) is 0 Å². The van der Waals surface area contributed by atoms with Crippen molar-refractivity contribution >= 4 is 17.7 Å². The molecule has 2 atom stereocenters. The highest BCUT2D eigenvalue weighted by Crippen LogP contribution is 2.25. The van der Waals surface area contributed by atoms with E-state index in [2.05, 4.69) is 10.4 Å². The molecule has 1 fully saturated rings. The van der Waals surface area contributed by atoms with Crippen molar-refractivity contribution in [3.63, 3.8) is 0 Å². The summed E-state index contributed by atoms with van der Waals surface area (Å²) in [5.41, 5.74) is 0. The van der Waals surface area contributed by atoms with E-state index in [4.69, 9.17) is 5.11 Å². The van der Waals surface area contributed by atoms with Crippen LogP contribution in [0, 0.1) is 16.0 Å². The Morgan fingerprint density at radius 3 is 2.85 bits per heavy atom. The second kappa shape index (κ2) is 5.68. The minimum atomic E-state index is -0.843. The summed E-state index contributed by atoms with van der Waals surface area (Å²) in [6.45, 7) is -0.123. The average Bonchev–Trinajstić information content (AvgIpc) is 2.98. The zero-order chi connectivity index (χ0) is 14.7. The van der Waals surface area contributed by atoms with E-state index in [0.717, 1.165) is 0 Å². The number of nitrogens with one attached hydrogen (secondary N) is 1. The Hall–Kier alpha value is -2.45. The molecule has 0 aromatic carbocycles. The molecule has 2 rings (SSSR count). The second-order valence-electron chi connectivity index (χ2n) is 4.74. The Labute approximate surface area is 113 Å². The van der Waals surface area contributed by atoms with E-state index in [9.17, 15) is 19.7 Å². The minimum Gasteiger partial charge on any atom is -0.481 e. The maximum atomic E-state index is 11.7. The first-order chi connectivity index (χ1) is 9.45. The predicted molar refractivity (Wildman–Crippen MR) is 65.8 cm³/mol. The van der Waals surface area contributed by atoms with Crippen molar-refractivity contribution in [2.24, 2.45) is 5.92 Å². The molecule has 1 aliphatic carbocycles. The van der Waals surface area contributed by atoms with Gasteiger partial charge in [0.05, 0.1) is 23.3 Å². The first-order valence-corrected chi connectivity index (χ1v) is 6.15. The molecule has 0 radical (unpaired) electrons. The van der Waals surface area contributed by atoms with Gasteiger partial charge in [-0.05, 0) is 24.2 Å². The van der Waals surface area contributed by atoms with Gasteiger partial charge >= 0.3 is 11.8 Å². The van der Waals surface area contributed by atoms with E-state index in [0.29, 0.717) is 19.3 Å². The molecule has 1 saturated carbocycles. The molecule has 0 saturated heterocycles. The molecule has 1 aromatic heterocycles. The fourth-order valence-electron chi connectivity index (χ4n) is 2.29. The minimum absolute atomic E-state index is 0.123. The summed E-state index contributed by atoms with van der Waals surface area (Å²) < 4.78 is 1.18. The zero-order valence-electron chi connectivity index (χ0n) is 10.6. The Morgan fingerprint density at radius 2 is 2.30 bits per heavy atom. The number of carbonyl (C=O) groups is 2. The van der Waals surface area contributed by atoms with Crippen LogP contribution in [-0.4, -0.2) is 37.7 Å². The van der Waals surface area contributed by atoms with Crippen molar-refractivity contribution in [3.05, 3.63) is 22.4 Å². The lowest BCUT2D eigenvalue weighted by Gasteiger charge is -2.11. The maximum absolute atomic E-state index is 11.7. The zero-order valence-corrected chi connectivity index (χ0v) is 10.6. The number of hydrogen-bond donors (Lipinski definition) is 2. The third kappa shape index (κ3) is 3.31. The van der Waals surface area contributed by atoms with Crippen LogP contribution in [0.25, 0.3) is 0 Å². The summed E-state index contributed by atoms with van der Waals surface area (Å²) in [5, 5.41) is 25.7. The SMILES string of the molecule is O=C(Cn1ccc([N+](=O)[O-])n1)NC1CCC(C(=O)O)C1. The molecule has 9 heteroatoms. The maximum Gasteiger partial charge on any atom is 0.389 e. The standard InChI is InChI=1S/C11H14N4O5/c16-10(6-14-4-3-9(13-14)15(19)20)12-8-2-1-7(5-8)11(17)18/h3-4,7-8H,1-2,5-6H2,(H,12,16)(H,17,18). The number of aliphatic carboxylic acids is 1. The monoisotopic (exact) mass is 282 g/mol. The van der Waals surface area contributed by atoms with Crippen molar-refractivity contribution < 1.29 is 19.6 Å². The van der Waals surface area contributed by atoms with Gasteiger partial charge in [0.15, 0.2) is 0 Å². The summed E-state index contributed by atoms with van der Waals surface area (Å²) in [6.07, 6.45) is 2.95. The third-order valence-corrected chi connectivity index (χ3v) is 3.27. The van der Waals surface area contributed by atoms with E-state index in [1.807, 2.05) is 0 Å². The average molecular weight is 282 g/mol. The summed E-state index contributed by atoms with van der Waals surface area (Å²) >= 11 is 0. The Bertz CT molecular complexity index is 541. The Kier molecular flexibility index (Phi) is 3.97. The summed E-state index contributed by atoms with van der Waals surface area (Å²) in [5.74, 6) is -1.90. The van der Waals surface area contributed by atoms with Crippen LogP contribution in [0.15, 0.2) is 12.3 Å². The molecule has 0 bridgehead atoms. The fraction of sp³-hybridized carbons (Fsp3) is 0.545. The lowest BCUT2D eigenvalue weighted by Crippen LogP contribution is -2.35. The molecule has 1 amide bonds. The van der Waals surface area contributed by atoms with Gasteiger partial charge in [0.25, 0.3) is 0 Å². The van der Waals surface area contributed by atoms with Gasteiger partial charge < -0.3 is 20.5 Å². The topological polar surface area (TPSA) is 127 Å². The highest BCUT2D eigenvalue weighted by atomic mass is 16.6. The molecule has 9 nitrogen and oxygen atoms in total. The number of nitrogens with zero attached hydrogens (tertiary/aromatic N) is 3. The number of amides is 1. The van der Waals surface area contributed by atoms with Crippen molar-refractivity contribution in [2.75, 3.05) is 0 Å². The number of nitro groups is 1. The molecule has 1 heterocycles. The van der Waals surface area contributed by atoms with E-state index in [1.54, 1.807) is 0 Å². The van der Waals surface area contributed by atoms with E-state index < -0.39 is 16.8 Å². The van der Waals surface area contributed by atoms with Crippen LogP contribution < -0.4 is 5.32 Å². The molecule has 2 unspecified atom stereocenters. The lowest BCUT2D eigenvalue weighted by molar-refractivity contribution is -0.389. The van der Waals surface area contributed by atoms with Crippen molar-refractivity contribution in [2.45, 2.75) is 31.8 Å². The van der Waals surface area contributed by atoms with Crippen LogP contribution in [-0.2, 0) is 16.1 Å². The third-order valence-electron chi connectivity index (χ3n) is 3.27. The summed E-state index contributed by atoms with van der Waals surface area (Å²) in [6, 6.07) is 1.05. The fourth-order valence-corrected chi connectivity index (χ4v) is 2.29. The molecular formula is C11H14N4O5. The number of hydrogen-bond acceptors (Lipinski definition) is 5. The molecular weight excluding hydrogens is 268 g/mol. The molecule has 1 aliphatic rings. The van der Waals surface area contributed by atoms with E-state index in [-0.39, 0.29) is 24.3 Å². The number of rotatable bonds is 5. The molecule has 20 heavy (non-hydrogen) atoms. The van der Waals surface area contributed by atoms with Gasteiger partial charge in [0, 0.05) is 6.04 Å². The van der Waals surface area contributed by atoms with Crippen LogP contribution in [0.4, 0.5) is 5.82 Å². The Morgan fingerprint density at radius 1 is 1.55 bits per heavy atom. The van der Waals surface area contributed by atoms with Crippen LogP contribution in [0.2, 0.25) is 0 Å². The molecule has 1 aromatic rings. The van der Waals surface area contributed by atoms with Gasteiger partial charge in [-0.3, -0.25) is 9.59 Å². The summed E-state index contributed by atoms with van der Waals surface area (Å²) in [7, 11) is 0. The van der Waals surface area contributed by atoms with Crippen molar-refractivity contribution in [1.82, 2.24) is 15.1 Å². The first kappa shape index (κ1) is 14.0. The van der Waals surface area contributed by atoms with Crippen LogP contribution >= 0.6 is 0 Å². The van der Waals surface area contributed by atoms with E-state index >= 15 is 0 Å². The number of aromatic nitrogens is 2. The highest BCUT2D eigenvalue weighted by molar-refractivity contribution is 5.76. The van der Waals surface area contributed by atoms with Gasteiger partial charge in [0.2, 0.25) is 5.91 Å². The second-order valence-corrected chi connectivity index (χ2v) is 4.74. The van der Waals surface area contributed by atoms with Crippen LogP contribution in [0.1, 0.15) is 19.3 Å². The smallest absolute Gasteiger partial charge is 0.389 e. The largest absolute Gasteiger partial charge is 0.481 e. The van der Waals surface area contributed by atoms with E-state index in [1.165, 1.54) is 16.9 Å². The number of carboxylic acids is 1. The molecule has 2 N–H and O–H groups in total. The molecule has 108 valence electrons. The van der Waals surface area contributed by atoms with Gasteiger partial charge in [-0.25, -0.2) is 0 Å². The van der Waals surface area contributed by atoms with Crippen molar-refractivity contribution in [3.8, 4) is 0 Å². The quantitative estimate of drug-likeness (QED) is 0.585. The summed E-state index contributed by atoms with van der Waals surface area (Å²) in [4.78, 5) is 32.4. The Balaban J connectivity index is 1.83. The molecule has 0 spiro atoms. The van der Waals surface area contributed by atoms with Crippen molar-refractivity contribution in [1.29, 1.82) is 0 Å². The van der Waals surface area contributed by atoms with Crippen LogP contribution in [0.3, 0.4) is 0 Å². The van der Waals surface area contributed by atoms with Gasteiger partial charge in [-0.1, -0.05) is 0 Å². The predicted octanol–water partition coefficient (Wildman–Crippen LogP) is 0.161. The lowest BCUT2D eigenvalue weighted by atomic mass is 10.1. The van der Waals surface area contributed by atoms with Gasteiger partial charge in [-0.2, -0.15) is 4.68 Å². The van der Waals surface area contributed by atoms with Gasteiger partial charge in [0.1, 0.15) is 6.54 Å². The number of carboxylic acid groups (broad SMARTS) is 1. The van der Waals surface area contributed by atoms with Gasteiger partial charge in [-0.15, -0.1) is 0 Å². The first-order valence-electron chi connectivity index (χ1n) is 6.15. The number of carbonyl (C=O) groups excluding carboxylic acids is 1. The molecule has 0 aliphatic heterocycles. The normalized spacial score (nSPS) is 21.6.